The molecule has 0 radical (unpaired) electrons. The van der Waals surface area contributed by atoms with Gasteiger partial charge in [-0.1, -0.05) is 23.4 Å². The fourth-order valence-electron chi connectivity index (χ4n) is 4.26. The van der Waals surface area contributed by atoms with Crippen LogP contribution in [0, 0.1) is 24.6 Å². The van der Waals surface area contributed by atoms with Gasteiger partial charge in [0.15, 0.2) is 5.82 Å². The highest BCUT2D eigenvalue weighted by molar-refractivity contribution is 6.05. The predicted molar refractivity (Wildman–Crippen MR) is 92.3 cm³/mol. The van der Waals surface area contributed by atoms with Crippen molar-refractivity contribution in [3.05, 3.63) is 54.1 Å². The number of aromatic nitrogens is 1. The number of hydrogen-bond donors (Lipinski definition) is 1. The first-order valence-corrected chi connectivity index (χ1v) is 8.65. The van der Waals surface area contributed by atoms with Gasteiger partial charge < -0.3 is 14.6 Å². The standard InChI is InChI=1S/C19H16FN3O4/c1-10-7-14(22-27-10)23-9-19-6-5-13(26-19)15(16(19)18(23)25)17(24)21-12-4-2-3-11(20)8-12/h2-8,13,15-16H,9H2,1H3,(H,21,24)/t13?,15?,16?,19-/m0/s1. The number of fused-ring (bicyclic) bond motifs is 1. The SMILES string of the molecule is Cc1cc(N2C[C@]34C=CC(O3)C(C(=O)Nc3cccc(F)c3)C4C2=O)no1. The van der Waals surface area contributed by atoms with Crippen molar-refractivity contribution >= 4 is 23.3 Å². The molecule has 7 nitrogen and oxygen atoms in total. The Hall–Kier alpha value is -3.00. The highest BCUT2D eigenvalue weighted by atomic mass is 19.1. The monoisotopic (exact) mass is 369 g/mol. The van der Waals surface area contributed by atoms with E-state index in [-0.39, 0.29) is 18.4 Å². The Labute approximate surface area is 153 Å². The maximum absolute atomic E-state index is 13.4. The molecule has 3 aliphatic heterocycles. The van der Waals surface area contributed by atoms with E-state index in [1.807, 2.05) is 12.2 Å². The Morgan fingerprint density at radius 2 is 2.26 bits per heavy atom. The summed E-state index contributed by atoms with van der Waals surface area (Å²) in [5.41, 5.74) is -0.506. The lowest BCUT2D eigenvalue weighted by molar-refractivity contribution is -0.128. The van der Waals surface area contributed by atoms with Crippen LogP contribution in [0.2, 0.25) is 0 Å². The van der Waals surface area contributed by atoms with Gasteiger partial charge in [-0.05, 0) is 25.1 Å². The van der Waals surface area contributed by atoms with Crippen molar-refractivity contribution in [3.63, 3.8) is 0 Å². The van der Waals surface area contributed by atoms with Gasteiger partial charge in [-0.25, -0.2) is 4.39 Å². The molecule has 2 fully saturated rings. The van der Waals surface area contributed by atoms with Crippen LogP contribution < -0.4 is 10.2 Å². The molecule has 1 N–H and O–H groups in total. The van der Waals surface area contributed by atoms with Gasteiger partial charge in [-0.2, -0.15) is 0 Å². The normalized spacial score (nSPS) is 30.8. The van der Waals surface area contributed by atoms with Gasteiger partial charge >= 0.3 is 0 Å². The second-order valence-electron chi connectivity index (χ2n) is 7.12. The molecule has 3 unspecified atom stereocenters. The van der Waals surface area contributed by atoms with Crippen LogP contribution in [-0.2, 0) is 14.3 Å². The molecule has 4 atom stereocenters. The van der Waals surface area contributed by atoms with E-state index in [0.717, 1.165) is 0 Å². The number of ether oxygens (including phenoxy) is 1. The van der Waals surface area contributed by atoms with Crippen molar-refractivity contribution < 1.29 is 23.2 Å². The van der Waals surface area contributed by atoms with Crippen LogP contribution in [0.5, 0.6) is 0 Å². The fourth-order valence-corrected chi connectivity index (χ4v) is 4.26. The van der Waals surface area contributed by atoms with E-state index in [0.29, 0.717) is 17.3 Å². The number of rotatable bonds is 3. The smallest absolute Gasteiger partial charge is 0.235 e. The third-order valence-corrected chi connectivity index (χ3v) is 5.39. The van der Waals surface area contributed by atoms with E-state index in [1.54, 1.807) is 19.1 Å². The van der Waals surface area contributed by atoms with E-state index in [1.165, 1.54) is 23.1 Å². The van der Waals surface area contributed by atoms with Crippen molar-refractivity contribution in [3.8, 4) is 0 Å². The molecular formula is C19H16FN3O4. The Morgan fingerprint density at radius 3 is 3.00 bits per heavy atom. The molecule has 8 heteroatoms. The Balaban J connectivity index is 1.44. The van der Waals surface area contributed by atoms with Gasteiger partial charge in [0.05, 0.1) is 24.5 Å². The third kappa shape index (κ3) is 2.33. The predicted octanol–water partition coefficient (Wildman–Crippen LogP) is 2.05. The highest BCUT2D eigenvalue weighted by Crippen LogP contribution is 2.52. The first-order valence-electron chi connectivity index (χ1n) is 8.65. The second kappa shape index (κ2) is 5.50. The topological polar surface area (TPSA) is 84.7 Å². The molecule has 3 aliphatic rings. The molecule has 2 bridgehead atoms. The van der Waals surface area contributed by atoms with Crippen molar-refractivity contribution in [2.24, 2.45) is 11.8 Å². The molecule has 2 aromatic rings. The average Bonchev–Trinajstić information content (AvgIpc) is 3.36. The number of nitrogens with zero attached hydrogens (tertiary/aromatic N) is 2. The number of halogens is 1. The van der Waals surface area contributed by atoms with Crippen LogP contribution in [0.4, 0.5) is 15.9 Å². The van der Waals surface area contributed by atoms with Crippen LogP contribution in [0.15, 0.2) is 47.0 Å². The second-order valence-corrected chi connectivity index (χ2v) is 7.12. The molecule has 138 valence electrons. The minimum Gasteiger partial charge on any atom is -0.360 e. The summed E-state index contributed by atoms with van der Waals surface area (Å²) < 4.78 is 24.5. The molecule has 1 aromatic carbocycles. The summed E-state index contributed by atoms with van der Waals surface area (Å²) in [6.07, 6.45) is 3.20. The average molecular weight is 369 g/mol. The number of anilines is 2. The summed E-state index contributed by atoms with van der Waals surface area (Å²) in [4.78, 5) is 27.5. The number of hydrogen-bond acceptors (Lipinski definition) is 5. The fraction of sp³-hybridized carbons (Fsp3) is 0.316. The molecule has 1 aromatic heterocycles. The van der Waals surface area contributed by atoms with Crippen LogP contribution in [0.3, 0.4) is 0 Å². The summed E-state index contributed by atoms with van der Waals surface area (Å²) in [6.45, 7) is 2.02. The third-order valence-electron chi connectivity index (χ3n) is 5.39. The van der Waals surface area contributed by atoms with Crippen LogP contribution >= 0.6 is 0 Å². The molecule has 1 spiro atoms. The maximum atomic E-state index is 13.4. The largest absolute Gasteiger partial charge is 0.360 e. The summed E-state index contributed by atoms with van der Waals surface area (Å²) in [6, 6.07) is 7.32. The molecule has 0 saturated carbocycles. The molecule has 4 heterocycles. The van der Waals surface area contributed by atoms with Crippen LogP contribution in [0.1, 0.15) is 5.76 Å². The quantitative estimate of drug-likeness (QED) is 0.837. The van der Waals surface area contributed by atoms with E-state index < -0.39 is 29.4 Å². The lowest BCUT2D eigenvalue weighted by Gasteiger charge is -2.23. The summed E-state index contributed by atoms with van der Waals surface area (Å²) >= 11 is 0. The lowest BCUT2D eigenvalue weighted by Crippen LogP contribution is -2.41. The summed E-state index contributed by atoms with van der Waals surface area (Å²) in [5.74, 6) is -1.39. The number of nitrogens with one attached hydrogen (secondary N) is 1. The van der Waals surface area contributed by atoms with Crippen molar-refractivity contribution in [1.29, 1.82) is 0 Å². The molecule has 5 rings (SSSR count). The maximum Gasteiger partial charge on any atom is 0.235 e. The van der Waals surface area contributed by atoms with Gasteiger partial charge in [-0.3, -0.25) is 14.5 Å². The van der Waals surface area contributed by atoms with Gasteiger partial charge in [0.2, 0.25) is 11.8 Å². The van der Waals surface area contributed by atoms with Crippen molar-refractivity contribution in [2.75, 3.05) is 16.8 Å². The zero-order valence-corrected chi connectivity index (χ0v) is 14.4. The van der Waals surface area contributed by atoms with Crippen LogP contribution in [-0.4, -0.2) is 35.2 Å². The minimum absolute atomic E-state index is 0.227. The zero-order chi connectivity index (χ0) is 18.8. The van der Waals surface area contributed by atoms with E-state index in [4.69, 9.17) is 9.26 Å². The van der Waals surface area contributed by atoms with E-state index in [2.05, 4.69) is 10.5 Å². The number of aryl methyl sites for hydroxylation is 1. The molecule has 27 heavy (non-hydrogen) atoms. The van der Waals surface area contributed by atoms with E-state index >= 15 is 0 Å². The first kappa shape index (κ1) is 16.2. The molecule has 2 amide bonds. The molecular weight excluding hydrogens is 353 g/mol. The van der Waals surface area contributed by atoms with Crippen molar-refractivity contribution in [1.82, 2.24) is 5.16 Å². The van der Waals surface area contributed by atoms with Crippen LogP contribution in [0.25, 0.3) is 0 Å². The van der Waals surface area contributed by atoms with E-state index in [9.17, 15) is 14.0 Å². The number of carbonyl (C=O) groups is 2. The first-order chi connectivity index (χ1) is 13.0. The Bertz CT molecular complexity index is 987. The Kier molecular flexibility index (Phi) is 3.30. The number of amides is 2. The molecule has 0 aliphatic carbocycles. The van der Waals surface area contributed by atoms with Gasteiger partial charge in [0, 0.05) is 11.8 Å². The number of benzene rings is 1. The van der Waals surface area contributed by atoms with Gasteiger partial charge in [0.1, 0.15) is 17.2 Å². The highest BCUT2D eigenvalue weighted by Gasteiger charge is 2.67. The Morgan fingerprint density at radius 1 is 1.41 bits per heavy atom. The molecule has 2 saturated heterocycles. The zero-order valence-electron chi connectivity index (χ0n) is 14.4. The van der Waals surface area contributed by atoms with Crippen molar-refractivity contribution in [2.45, 2.75) is 18.6 Å². The summed E-state index contributed by atoms with van der Waals surface area (Å²) in [7, 11) is 0. The van der Waals surface area contributed by atoms with Gasteiger partial charge in [0.25, 0.3) is 0 Å². The number of carbonyl (C=O) groups excluding carboxylic acids is 2. The summed E-state index contributed by atoms with van der Waals surface area (Å²) in [5, 5.41) is 6.61. The van der Waals surface area contributed by atoms with Gasteiger partial charge in [-0.15, -0.1) is 0 Å². The minimum atomic E-state index is -0.849. The lowest BCUT2D eigenvalue weighted by atomic mass is 9.77.